The standard InChI is InChI=1S/C18H24N2O4/c1-18(2,3)19-15(21)12-20(4)16(22)11-8-13-6-9-14(10-7-13)17(23)24-5/h6-11H,12H2,1-5H3,(H,19,21). The van der Waals surface area contributed by atoms with Gasteiger partial charge < -0.3 is 15.0 Å². The van der Waals surface area contributed by atoms with E-state index in [2.05, 4.69) is 10.1 Å². The van der Waals surface area contributed by atoms with Gasteiger partial charge >= 0.3 is 5.97 Å². The Morgan fingerprint density at radius 3 is 2.25 bits per heavy atom. The zero-order valence-corrected chi connectivity index (χ0v) is 14.8. The predicted octanol–water partition coefficient (Wildman–Crippen LogP) is 1.86. The number of benzene rings is 1. The molecule has 1 aromatic carbocycles. The fourth-order valence-electron chi connectivity index (χ4n) is 1.89. The van der Waals surface area contributed by atoms with E-state index in [9.17, 15) is 14.4 Å². The van der Waals surface area contributed by atoms with Gasteiger partial charge in [-0.15, -0.1) is 0 Å². The summed E-state index contributed by atoms with van der Waals surface area (Å²) >= 11 is 0. The first-order valence-corrected chi connectivity index (χ1v) is 7.55. The van der Waals surface area contributed by atoms with Crippen LogP contribution in [-0.4, -0.2) is 48.9 Å². The summed E-state index contributed by atoms with van der Waals surface area (Å²) in [5, 5.41) is 2.80. The summed E-state index contributed by atoms with van der Waals surface area (Å²) in [6.07, 6.45) is 3.01. The molecule has 0 aliphatic rings. The Morgan fingerprint density at radius 1 is 1.17 bits per heavy atom. The molecule has 1 N–H and O–H groups in total. The van der Waals surface area contributed by atoms with E-state index in [0.717, 1.165) is 5.56 Å². The Balaban J connectivity index is 2.61. The molecule has 0 aliphatic heterocycles. The van der Waals surface area contributed by atoms with Crippen LogP contribution in [0.3, 0.4) is 0 Å². The number of hydrogen-bond donors (Lipinski definition) is 1. The SMILES string of the molecule is COC(=O)c1ccc(C=CC(=O)N(C)CC(=O)NC(C)(C)C)cc1. The number of amides is 2. The highest BCUT2D eigenvalue weighted by Gasteiger charge is 2.16. The second-order valence-corrected chi connectivity index (χ2v) is 6.44. The van der Waals surface area contributed by atoms with Gasteiger partial charge in [-0.25, -0.2) is 4.79 Å². The summed E-state index contributed by atoms with van der Waals surface area (Å²) in [6, 6.07) is 6.66. The van der Waals surface area contributed by atoms with Crippen molar-refractivity contribution in [3.63, 3.8) is 0 Å². The molecule has 0 radical (unpaired) electrons. The Hall–Kier alpha value is -2.63. The van der Waals surface area contributed by atoms with Gasteiger partial charge in [0.05, 0.1) is 19.2 Å². The van der Waals surface area contributed by atoms with E-state index in [-0.39, 0.29) is 23.9 Å². The quantitative estimate of drug-likeness (QED) is 0.660. The number of ether oxygens (including phenoxy) is 1. The van der Waals surface area contributed by atoms with Crippen molar-refractivity contribution in [2.24, 2.45) is 0 Å². The van der Waals surface area contributed by atoms with Gasteiger partial charge in [0.1, 0.15) is 0 Å². The molecule has 6 nitrogen and oxygen atoms in total. The van der Waals surface area contributed by atoms with E-state index in [0.29, 0.717) is 5.56 Å². The highest BCUT2D eigenvalue weighted by molar-refractivity contribution is 5.94. The van der Waals surface area contributed by atoms with Crippen molar-refractivity contribution in [1.29, 1.82) is 0 Å². The summed E-state index contributed by atoms with van der Waals surface area (Å²) < 4.78 is 4.62. The number of methoxy groups -OCH3 is 1. The highest BCUT2D eigenvalue weighted by Crippen LogP contribution is 2.07. The number of rotatable bonds is 5. The summed E-state index contributed by atoms with van der Waals surface area (Å²) in [5.41, 5.74) is 0.874. The summed E-state index contributed by atoms with van der Waals surface area (Å²) in [5.74, 6) is -0.906. The monoisotopic (exact) mass is 332 g/mol. The Bertz CT molecular complexity index is 627. The Kier molecular flexibility index (Phi) is 6.70. The minimum Gasteiger partial charge on any atom is -0.465 e. The zero-order chi connectivity index (χ0) is 18.3. The topological polar surface area (TPSA) is 75.7 Å². The lowest BCUT2D eigenvalue weighted by Gasteiger charge is -2.22. The second kappa shape index (κ2) is 8.29. The molecule has 0 aliphatic carbocycles. The average molecular weight is 332 g/mol. The minimum atomic E-state index is -0.411. The molecular formula is C18H24N2O4. The third-order valence-corrected chi connectivity index (χ3v) is 3.02. The molecule has 0 bridgehead atoms. The smallest absolute Gasteiger partial charge is 0.337 e. The van der Waals surface area contributed by atoms with Gasteiger partial charge in [-0.05, 0) is 44.5 Å². The van der Waals surface area contributed by atoms with Crippen molar-refractivity contribution >= 4 is 23.9 Å². The van der Waals surface area contributed by atoms with Gasteiger partial charge in [0, 0.05) is 18.7 Å². The maximum atomic E-state index is 12.0. The maximum absolute atomic E-state index is 12.0. The van der Waals surface area contributed by atoms with Crippen LogP contribution >= 0.6 is 0 Å². The van der Waals surface area contributed by atoms with Gasteiger partial charge in [0.15, 0.2) is 0 Å². The number of hydrogen-bond acceptors (Lipinski definition) is 4. The summed E-state index contributed by atoms with van der Waals surface area (Å²) in [6.45, 7) is 5.63. The van der Waals surface area contributed by atoms with Gasteiger partial charge in [-0.3, -0.25) is 9.59 Å². The van der Waals surface area contributed by atoms with Crippen LogP contribution in [0, 0.1) is 0 Å². The first kappa shape index (κ1) is 19.4. The van der Waals surface area contributed by atoms with Crippen LogP contribution in [0.2, 0.25) is 0 Å². The van der Waals surface area contributed by atoms with Crippen LogP contribution in [0.25, 0.3) is 6.08 Å². The first-order valence-electron chi connectivity index (χ1n) is 7.55. The number of nitrogens with zero attached hydrogens (tertiary/aromatic N) is 1. The van der Waals surface area contributed by atoms with Crippen LogP contribution in [-0.2, 0) is 14.3 Å². The molecule has 6 heteroatoms. The van der Waals surface area contributed by atoms with Crippen molar-refractivity contribution in [2.75, 3.05) is 20.7 Å². The van der Waals surface area contributed by atoms with E-state index in [1.165, 1.54) is 18.1 Å². The van der Waals surface area contributed by atoms with Crippen LogP contribution < -0.4 is 5.32 Å². The molecule has 0 atom stereocenters. The molecule has 130 valence electrons. The molecule has 2 amide bonds. The molecule has 0 unspecified atom stereocenters. The maximum Gasteiger partial charge on any atom is 0.337 e. The third-order valence-electron chi connectivity index (χ3n) is 3.02. The van der Waals surface area contributed by atoms with Crippen LogP contribution in [0.15, 0.2) is 30.3 Å². The van der Waals surface area contributed by atoms with E-state index in [1.807, 2.05) is 20.8 Å². The molecular weight excluding hydrogens is 308 g/mol. The van der Waals surface area contributed by atoms with Crippen molar-refractivity contribution in [3.05, 3.63) is 41.5 Å². The second-order valence-electron chi connectivity index (χ2n) is 6.44. The minimum absolute atomic E-state index is 0.0122. The zero-order valence-electron chi connectivity index (χ0n) is 14.8. The number of carbonyl (C=O) groups is 3. The normalized spacial score (nSPS) is 11.2. The summed E-state index contributed by atoms with van der Waals surface area (Å²) in [4.78, 5) is 36.5. The largest absolute Gasteiger partial charge is 0.465 e. The number of carbonyl (C=O) groups excluding carboxylic acids is 3. The van der Waals surface area contributed by atoms with Crippen LogP contribution in [0.4, 0.5) is 0 Å². The molecule has 0 aromatic heterocycles. The molecule has 0 heterocycles. The van der Waals surface area contributed by atoms with E-state index < -0.39 is 5.97 Å². The van der Waals surface area contributed by atoms with Gasteiger partial charge in [0.2, 0.25) is 11.8 Å². The van der Waals surface area contributed by atoms with E-state index in [1.54, 1.807) is 37.4 Å². The van der Waals surface area contributed by atoms with Crippen LogP contribution in [0.5, 0.6) is 0 Å². The predicted molar refractivity (Wildman–Crippen MR) is 92.3 cm³/mol. The number of esters is 1. The van der Waals surface area contributed by atoms with Gasteiger partial charge in [-0.1, -0.05) is 12.1 Å². The molecule has 1 rings (SSSR count). The third kappa shape index (κ3) is 6.64. The molecule has 24 heavy (non-hydrogen) atoms. The lowest BCUT2D eigenvalue weighted by Crippen LogP contribution is -2.46. The molecule has 0 fully saturated rings. The van der Waals surface area contributed by atoms with Gasteiger partial charge in [0.25, 0.3) is 0 Å². The van der Waals surface area contributed by atoms with Crippen molar-refractivity contribution < 1.29 is 19.1 Å². The average Bonchev–Trinajstić information content (AvgIpc) is 2.50. The Morgan fingerprint density at radius 2 is 1.75 bits per heavy atom. The number of likely N-dealkylation sites (N-methyl/N-ethyl adjacent to an activating group) is 1. The van der Waals surface area contributed by atoms with Crippen molar-refractivity contribution in [2.45, 2.75) is 26.3 Å². The number of nitrogens with one attached hydrogen (secondary N) is 1. The molecule has 0 spiro atoms. The lowest BCUT2D eigenvalue weighted by atomic mass is 10.1. The first-order chi connectivity index (χ1) is 11.1. The van der Waals surface area contributed by atoms with Gasteiger partial charge in [-0.2, -0.15) is 0 Å². The van der Waals surface area contributed by atoms with Crippen LogP contribution in [0.1, 0.15) is 36.7 Å². The molecule has 1 aromatic rings. The van der Waals surface area contributed by atoms with E-state index >= 15 is 0 Å². The lowest BCUT2D eigenvalue weighted by molar-refractivity contribution is -0.131. The fraction of sp³-hybridized carbons (Fsp3) is 0.389. The van der Waals surface area contributed by atoms with E-state index in [4.69, 9.17) is 0 Å². The molecule has 0 saturated heterocycles. The summed E-state index contributed by atoms with van der Waals surface area (Å²) in [7, 11) is 2.88. The van der Waals surface area contributed by atoms with Crippen molar-refractivity contribution in [3.8, 4) is 0 Å². The highest BCUT2D eigenvalue weighted by atomic mass is 16.5. The van der Waals surface area contributed by atoms with Crippen molar-refractivity contribution in [1.82, 2.24) is 10.2 Å². The Labute approximate surface area is 142 Å². The fourth-order valence-corrected chi connectivity index (χ4v) is 1.89. The molecule has 0 saturated carbocycles.